The molecule has 0 saturated heterocycles. The van der Waals surface area contributed by atoms with Gasteiger partial charge in [-0.3, -0.25) is 0 Å². The zero-order valence-corrected chi connectivity index (χ0v) is 11.9. The van der Waals surface area contributed by atoms with Crippen molar-refractivity contribution >= 4 is 12.1 Å². The molecular formula is C14H19NO5. The number of hydrogen-bond acceptors (Lipinski definition) is 4. The van der Waals surface area contributed by atoms with Crippen molar-refractivity contribution in [2.75, 3.05) is 13.1 Å². The third kappa shape index (κ3) is 3.31. The Balaban J connectivity index is 2.03. The third-order valence-corrected chi connectivity index (χ3v) is 3.02. The lowest BCUT2D eigenvalue weighted by Gasteiger charge is -2.26. The fraction of sp³-hybridized carbons (Fsp3) is 0.571. The molecule has 2 rings (SSSR count). The molecule has 2 heterocycles. The van der Waals surface area contributed by atoms with Crippen LogP contribution in [0.4, 0.5) is 4.79 Å². The number of nitrogens with zero attached hydrogens (tertiary/aromatic N) is 1. The topological polar surface area (TPSA) is 80.0 Å². The zero-order chi connectivity index (χ0) is 14.9. The van der Waals surface area contributed by atoms with Crippen LogP contribution in [0.5, 0.6) is 0 Å². The van der Waals surface area contributed by atoms with E-state index in [1.54, 1.807) is 4.90 Å². The van der Waals surface area contributed by atoms with E-state index >= 15 is 0 Å². The molecule has 0 aromatic carbocycles. The van der Waals surface area contributed by atoms with E-state index in [0.29, 0.717) is 31.7 Å². The highest BCUT2D eigenvalue weighted by molar-refractivity contribution is 5.84. The normalized spacial score (nSPS) is 15.4. The first kappa shape index (κ1) is 14.4. The Morgan fingerprint density at radius 2 is 1.95 bits per heavy atom. The van der Waals surface area contributed by atoms with Crippen LogP contribution in [0.15, 0.2) is 10.5 Å². The standard InChI is InChI=1S/C14H19NO5/c1-14(2,3)20-13(18)15-6-4-9-8-11(12(16)17)19-10(9)5-7-15/h8H,4-7H2,1-3H3,(H,16,17). The minimum atomic E-state index is -1.07. The molecular weight excluding hydrogens is 262 g/mol. The molecule has 6 heteroatoms. The summed E-state index contributed by atoms with van der Waals surface area (Å²) in [7, 11) is 0. The minimum Gasteiger partial charge on any atom is -0.475 e. The maximum absolute atomic E-state index is 12.0. The second-order valence-electron chi connectivity index (χ2n) is 5.83. The quantitative estimate of drug-likeness (QED) is 0.854. The lowest BCUT2D eigenvalue weighted by Crippen LogP contribution is -2.38. The largest absolute Gasteiger partial charge is 0.475 e. The van der Waals surface area contributed by atoms with Crippen molar-refractivity contribution in [1.29, 1.82) is 0 Å². The molecule has 0 radical (unpaired) electrons. The van der Waals surface area contributed by atoms with Crippen LogP contribution in [-0.2, 0) is 17.6 Å². The van der Waals surface area contributed by atoms with Crippen LogP contribution in [0.1, 0.15) is 42.6 Å². The number of amides is 1. The van der Waals surface area contributed by atoms with E-state index < -0.39 is 11.6 Å². The third-order valence-electron chi connectivity index (χ3n) is 3.02. The van der Waals surface area contributed by atoms with Gasteiger partial charge in [-0.05, 0) is 38.8 Å². The van der Waals surface area contributed by atoms with Crippen molar-refractivity contribution in [3.8, 4) is 0 Å². The molecule has 0 atom stereocenters. The van der Waals surface area contributed by atoms with Gasteiger partial charge in [-0.15, -0.1) is 0 Å². The number of carboxylic acids is 1. The van der Waals surface area contributed by atoms with Crippen molar-refractivity contribution < 1.29 is 23.8 Å². The maximum Gasteiger partial charge on any atom is 0.410 e. The van der Waals surface area contributed by atoms with Crippen LogP contribution in [0.2, 0.25) is 0 Å². The number of ether oxygens (including phenoxy) is 1. The van der Waals surface area contributed by atoms with E-state index in [1.165, 1.54) is 6.07 Å². The first-order valence-corrected chi connectivity index (χ1v) is 6.59. The van der Waals surface area contributed by atoms with Gasteiger partial charge >= 0.3 is 12.1 Å². The molecule has 1 aromatic heterocycles. The highest BCUT2D eigenvalue weighted by atomic mass is 16.6. The summed E-state index contributed by atoms with van der Waals surface area (Å²) in [4.78, 5) is 24.5. The SMILES string of the molecule is CC(C)(C)OC(=O)N1CCc2cc(C(=O)O)oc2CC1. The number of carbonyl (C=O) groups is 2. The van der Waals surface area contributed by atoms with Crippen LogP contribution < -0.4 is 0 Å². The minimum absolute atomic E-state index is 0.0410. The van der Waals surface area contributed by atoms with Gasteiger partial charge in [0.2, 0.25) is 5.76 Å². The van der Waals surface area contributed by atoms with Crippen LogP contribution in [0.25, 0.3) is 0 Å². The average molecular weight is 281 g/mol. The number of rotatable bonds is 1. The summed E-state index contributed by atoms with van der Waals surface area (Å²) in [5, 5.41) is 8.89. The fourth-order valence-electron chi connectivity index (χ4n) is 2.11. The molecule has 0 fully saturated rings. The van der Waals surface area contributed by atoms with Crippen molar-refractivity contribution in [2.24, 2.45) is 0 Å². The second kappa shape index (κ2) is 5.19. The maximum atomic E-state index is 12.0. The van der Waals surface area contributed by atoms with E-state index in [9.17, 15) is 9.59 Å². The molecule has 110 valence electrons. The summed E-state index contributed by atoms with van der Waals surface area (Å²) in [6.45, 7) is 6.44. The highest BCUT2D eigenvalue weighted by Gasteiger charge is 2.26. The number of carbonyl (C=O) groups excluding carboxylic acids is 1. The summed E-state index contributed by atoms with van der Waals surface area (Å²) >= 11 is 0. The Morgan fingerprint density at radius 3 is 2.55 bits per heavy atom. The molecule has 0 bridgehead atoms. The summed E-state index contributed by atoms with van der Waals surface area (Å²) < 4.78 is 10.6. The second-order valence-corrected chi connectivity index (χ2v) is 5.83. The Kier molecular flexibility index (Phi) is 3.74. The molecule has 1 N–H and O–H groups in total. The van der Waals surface area contributed by atoms with Crippen molar-refractivity contribution in [1.82, 2.24) is 4.90 Å². The molecule has 0 saturated carbocycles. The van der Waals surface area contributed by atoms with Crippen molar-refractivity contribution in [3.63, 3.8) is 0 Å². The summed E-state index contributed by atoms with van der Waals surface area (Å²) in [5.41, 5.74) is 0.334. The molecule has 0 spiro atoms. The number of furan rings is 1. The fourth-order valence-corrected chi connectivity index (χ4v) is 2.11. The van der Waals surface area contributed by atoms with Gasteiger partial charge < -0.3 is 19.2 Å². The van der Waals surface area contributed by atoms with E-state index in [-0.39, 0.29) is 11.9 Å². The van der Waals surface area contributed by atoms with E-state index in [0.717, 1.165) is 5.56 Å². The number of carboxylic acid groups (broad SMARTS) is 1. The molecule has 1 aromatic rings. The van der Waals surface area contributed by atoms with Gasteiger partial charge in [0.25, 0.3) is 0 Å². The van der Waals surface area contributed by atoms with Gasteiger partial charge in [-0.2, -0.15) is 0 Å². The average Bonchev–Trinajstić information content (AvgIpc) is 2.61. The van der Waals surface area contributed by atoms with Crippen LogP contribution in [0.3, 0.4) is 0 Å². The van der Waals surface area contributed by atoms with Gasteiger partial charge in [0.1, 0.15) is 11.4 Å². The van der Waals surface area contributed by atoms with Crippen molar-refractivity contribution in [3.05, 3.63) is 23.2 Å². The number of hydrogen-bond donors (Lipinski definition) is 1. The Hall–Kier alpha value is -1.98. The Labute approximate surface area is 117 Å². The molecule has 20 heavy (non-hydrogen) atoms. The molecule has 1 aliphatic rings. The number of aromatic carboxylic acids is 1. The molecule has 1 aliphatic heterocycles. The Bertz CT molecular complexity index is 501. The monoisotopic (exact) mass is 281 g/mol. The lowest BCUT2D eigenvalue weighted by molar-refractivity contribution is 0.0256. The molecule has 1 amide bonds. The summed E-state index contributed by atoms with van der Waals surface area (Å²) in [6, 6.07) is 1.54. The predicted molar refractivity (Wildman–Crippen MR) is 70.9 cm³/mol. The van der Waals surface area contributed by atoms with Crippen LogP contribution >= 0.6 is 0 Å². The molecule has 0 unspecified atom stereocenters. The number of fused-ring (bicyclic) bond motifs is 1. The van der Waals surface area contributed by atoms with Gasteiger partial charge in [-0.1, -0.05) is 0 Å². The van der Waals surface area contributed by atoms with Crippen LogP contribution in [-0.4, -0.2) is 40.8 Å². The predicted octanol–water partition coefficient (Wildman–Crippen LogP) is 2.31. The van der Waals surface area contributed by atoms with E-state index in [4.69, 9.17) is 14.3 Å². The molecule has 6 nitrogen and oxygen atoms in total. The van der Waals surface area contributed by atoms with Gasteiger partial charge in [0, 0.05) is 19.5 Å². The zero-order valence-electron chi connectivity index (χ0n) is 11.9. The first-order chi connectivity index (χ1) is 9.26. The smallest absolute Gasteiger partial charge is 0.410 e. The van der Waals surface area contributed by atoms with E-state index in [2.05, 4.69) is 0 Å². The van der Waals surface area contributed by atoms with Crippen molar-refractivity contribution in [2.45, 2.75) is 39.2 Å². The highest BCUT2D eigenvalue weighted by Crippen LogP contribution is 2.21. The summed E-state index contributed by atoms with van der Waals surface area (Å²) in [6.07, 6.45) is 0.730. The lowest BCUT2D eigenvalue weighted by atomic mass is 10.1. The first-order valence-electron chi connectivity index (χ1n) is 6.59. The Morgan fingerprint density at radius 1 is 1.30 bits per heavy atom. The summed E-state index contributed by atoms with van der Waals surface area (Å²) in [5.74, 6) is -0.462. The van der Waals surface area contributed by atoms with Crippen LogP contribution in [0, 0.1) is 0 Å². The van der Waals surface area contributed by atoms with E-state index in [1.807, 2.05) is 20.8 Å². The van der Waals surface area contributed by atoms with Gasteiger partial charge in [0.05, 0.1) is 0 Å². The molecule has 0 aliphatic carbocycles. The van der Waals surface area contributed by atoms with Gasteiger partial charge in [0.15, 0.2) is 0 Å². The van der Waals surface area contributed by atoms with Gasteiger partial charge in [-0.25, -0.2) is 9.59 Å².